The molecule has 0 amide bonds. The zero-order chi connectivity index (χ0) is 16.6. The summed E-state index contributed by atoms with van der Waals surface area (Å²) in [6.07, 6.45) is 0.801. The Kier molecular flexibility index (Phi) is 4.19. The first-order valence-corrected chi connectivity index (χ1v) is 8.26. The molecule has 0 aliphatic carbocycles. The third-order valence-corrected chi connectivity index (χ3v) is 4.62. The Balaban J connectivity index is 2.08. The van der Waals surface area contributed by atoms with Gasteiger partial charge >= 0.3 is 0 Å². The molecule has 5 nitrogen and oxygen atoms in total. The average molecular weight is 329 g/mol. The van der Waals surface area contributed by atoms with Gasteiger partial charge in [-0.05, 0) is 45.0 Å². The minimum atomic E-state index is -0.106. The number of aromatic nitrogens is 1. The van der Waals surface area contributed by atoms with Crippen LogP contribution in [-0.2, 0) is 6.42 Å². The molecule has 6 heteroatoms. The molecule has 0 unspecified atom stereocenters. The number of thiophene rings is 1. The van der Waals surface area contributed by atoms with Crippen molar-refractivity contribution < 1.29 is 9.21 Å². The van der Waals surface area contributed by atoms with Crippen LogP contribution in [0.25, 0.3) is 11.1 Å². The summed E-state index contributed by atoms with van der Waals surface area (Å²) in [6, 6.07) is 5.25. The van der Waals surface area contributed by atoms with Crippen molar-refractivity contribution in [2.75, 3.05) is 26.4 Å². The molecule has 3 aromatic rings. The van der Waals surface area contributed by atoms with Crippen LogP contribution in [0.5, 0.6) is 0 Å². The largest absolute Gasteiger partial charge is 0.457 e. The normalized spacial score (nSPS) is 11.5. The predicted octanol–water partition coefficient (Wildman–Crippen LogP) is 3.12. The van der Waals surface area contributed by atoms with E-state index in [1.54, 1.807) is 12.1 Å². The van der Waals surface area contributed by atoms with E-state index in [1.165, 1.54) is 11.3 Å². The molecule has 0 saturated heterocycles. The molecule has 3 rings (SSSR count). The highest BCUT2D eigenvalue weighted by Gasteiger charge is 2.19. The molecule has 3 aromatic heterocycles. The van der Waals surface area contributed by atoms with Crippen LogP contribution >= 0.6 is 11.3 Å². The molecule has 0 bridgehead atoms. The van der Waals surface area contributed by atoms with Gasteiger partial charge in [0.25, 0.3) is 0 Å². The molecule has 0 saturated carbocycles. The Hall–Kier alpha value is -2.18. The highest BCUT2D eigenvalue weighted by molar-refractivity contribution is 7.12. The number of carbonyl (C=O) groups excluding carboxylic acids is 1. The Morgan fingerprint density at radius 1 is 1.43 bits per heavy atom. The zero-order valence-corrected chi connectivity index (χ0v) is 14.2. The molecule has 0 fully saturated rings. The van der Waals surface area contributed by atoms with Crippen molar-refractivity contribution in [3.63, 3.8) is 0 Å². The fraction of sp³-hybridized carbons (Fsp3) is 0.294. The highest BCUT2D eigenvalue weighted by Crippen LogP contribution is 2.30. The van der Waals surface area contributed by atoms with Crippen molar-refractivity contribution in [1.29, 1.82) is 0 Å². The van der Waals surface area contributed by atoms with Crippen molar-refractivity contribution >= 4 is 33.9 Å². The van der Waals surface area contributed by atoms with Crippen LogP contribution < -0.4 is 5.73 Å². The average Bonchev–Trinajstić information content (AvgIpc) is 3.12. The lowest BCUT2D eigenvalue weighted by Crippen LogP contribution is -2.15. The van der Waals surface area contributed by atoms with E-state index < -0.39 is 0 Å². The number of ketones is 1. The molecule has 0 atom stereocenters. The number of pyridine rings is 1. The lowest BCUT2D eigenvalue weighted by molar-refractivity contribution is 0.103. The van der Waals surface area contributed by atoms with Crippen LogP contribution in [0.1, 0.15) is 26.7 Å². The minimum absolute atomic E-state index is 0.106. The number of anilines is 1. The monoisotopic (exact) mass is 329 g/mol. The van der Waals surface area contributed by atoms with Gasteiger partial charge in [-0.2, -0.15) is 0 Å². The number of nitrogens with two attached hydrogens (primary N) is 1. The lowest BCUT2D eigenvalue weighted by Gasteiger charge is -2.08. The standard InChI is InChI=1S/C17H19N3O2S/c1-10-11(6-7-20(2)3)15-17(22-10)12(18)9-13(19-15)16(21)14-5-4-8-23-14/h4-5,8-9H,6-7H2,1-3H3,(H2,18,19). The summed E-state index contributed by atoms with van der Waals surface area (Å²) in [7, 11) is 4.04. The summed E-state index contributed by atoms with van der Waals surface area (Å²) in [4.78, 5) is 19.9. The molecule has 0 radical (unpaired) electrons. The Labute approximate surface area is 138 Å². The number of furan rings is 1. The summed E-state index contributed by atoms with van der Waals surface area (Å²) in [5.74, 6) is 0.702. The zero-order valence-electron chi connectivity index (χ0n) is 13.4. The van der Waals surface area contributed by atoms with Crippen LogP contribution in [0.4, 0.5) is 5.69 Å². The highest BCUT2D eigenvalue weighted by atomic mass is 32.1. The Morgan fingerprint density at radius 2 is 2.22 bits per heavy atom. The van der Waals surface area contributed by atoms with E-state index in [0.717, 1.165) is 24.3 Å². The fourth-order valence-corrected chi connectivity index (χ4v) is 3.20. The first-order chi connectivity index (χ1) is 11.0. The topological polar surface area (TPSA) is 72.4 Å². The summed E-state index contributed by atoms with van der Waals surface area (Å²) >= 11 is 1.40. The molecular formula is C17H19N3O2S. The van der Waals surface area contributed by atoms with Gasteiger partial charge in [0.1, 0.15) is 17.0 Å². The Morgan fingerprint density at radius 3 is 2.87 bits per heavy atom. The van der Waals surface area contributed by atoms with E-state index in [4.69, 9.17) is 10.2 Å². The number of nitrogen functional groups attached to an aromatic ring is 1. The molecular weight excluding hydrogens is 310 g/mol. The summed E-state index contributed by atoms with van der Waals surface area (Å²) in [6.45, 7) is 2.78. The van der Waals surface area contributed by atoms with Gasteiger partial charge in [0.2, 0.25) is 5.78 Å². The maximum absolute atomic E-state index is 12.5. The van der Waals surface area contributed by atoms with E-state index >= 15 is 0 Å². The van der Waals surface area contributed by atoms with Crippen molar-refractivity contribution in [2.24, 2.45) is 0 Å². The third kappa shape index (κ3) is 3.00. The van der Waals surface area contributed by atoms with E-state index in [1.807, 2.05) is 32.5 Å². The van der Waals surface area contributed by atoms with Crippen LogP contribution in [0.15, 0.2) is 28.0 Å². The number of carbonyl (C=O) groups is 1. The fourth-order valence-electron chi connectivity index (χ4n) is 2.53. The second-order valence-electron chi connectivity index (χ2n) is 5.77. The summed E-state index contributed by atoms with van der Waals surface area (Å²) < 4.78 is 5.77. The molecule has 120 valence electrons. The van der Waals surface area contributed by atoms with Crippen LogP contribution in [-0.4, -0.2) is 36.3 Å². The van der Waals surface area contributed by atoms with Crippen molar-refractivity contribution in [3.05, 3.63) is 45.5 Å². The molecule has 0 aliphatic rings. The second kappa shape index (κ2) is 6.14. The van der Waals surface area contributed by atoms with Gasteiger partial charge in [0.05, 0.1) is 10.6 Å². The smallest absolute Gasteiger partial charge is 0.221 e. The van der Waals surface area contributed by atoms with E-state index in [2.05, 4.69) is 9.88 Å². The first-order valence-electron chi connectivity index (χ1n) is 7.38. The van der Waals surface area contributed by atoms with Gasteiger partial charge in [0, 0.05) is 12.1 Å². The van der Waals surface area contributed by atoms with E-state index in [0.29, 0.717) is 27.4 Å². The van der Waals surface area contributed by atoms with Gasteiger partial charge in [0.15, 0.2) is 5.58 Å². The number of hydrogen-bond acceptors (Lipinski definition) is 6. The van der Waals surface area contributed by atoms with Crippen LogP contribution in [0.2, 0.25) is 0 Å². The lowest BCUT2D eigenvalue weighted by atomic mass is 10.1. The molecule has 23 heavy (non-hydrogen) atoms. The SMILES string of the molecule is Cc1oc2c(N)cc(C(=O)c3cccs3)nc2c1CCN(C)C. The molecule has 2 N–H and O–H groups in total. The van der Waals surface area contributed by atoms with Crippen LogP contribution in [0, 0.1) is 6.92 Å². The van der Waals surface area contributed by atoms with Crippen molar-refractivity contribution in [2.45, 2.75) is 13.3 Å². The van der Waals surface area contributed by atoms with Crippen LogP contribution in [0.3, 0.4) is 0 Å². The number of nitrogens with zero attached hydrogens (tertiary/aromatic N) is 2. The molecule has 0 aromatic carbocycles. The number of likely N-dealkylation sites (N-methyl/N-ethyl adjacent to an activating group) is 1. The molecule has 0 aliphatic heterocycles. The van der Waals surface area contributed by atoms with Crippen molar-refractivity contribution in [3.8, 4) is 0 Å². The molecule has 3 heterocycles. The van der Waals surface area contributed by atoms with Gasteiger partial charge in [-0.1, -0.05) is 6.07 Å². The maximum Gasteiger partial charge on any atom is 0.221 e. The van der Waals surface area contributed by atoms with Gasteiger partial charge < -0.3 is 15.1 Å². The molecule has 0 spiro atoms. The number of fused-ring (bicyclic) bond motifs is 1. The maximum atomic E-state index is 12.5. The number of rotatable bonds is 5. The Bertz CT molecular complexity index is 850. The minimum Gasteiger partial charge on any atom is -0.457 e. The van der Waals surface area contributed by atoms with Gasteiger partial charge in [-0.25, -0.2) is 4.98 Å². The second-order valence-corrected chi connectivity index (χ2v) is 6.72. The van der Waals surface area contributed by atoms with E-state index in [9.17, 15) is 4.79 Å². The van der Waals surface area contributed by atoms with Crippen molar-refractivity contribution in [1.82, 2.24) is 9.88 Å². The summed E-state index contributed by atoms with van der Waals surface area (Å²) in [5, 5.41) is 1.87. The summed E-state index contributed by atoms with van der Waals surface area (Å²) in [5.41, 5.74) is 9.19. The predicted molar refractivity (Wildman–Crippen MR) is 93.2 cm³/mol. The quantitative estimate of drug-likeness (QED) is 0.728. The van der Waals surface area contributed by atoms with E-state index in [-0.39, 0.29) is 5.78 Å². The third-order valence-electron chi connectivity index (χ3n) is 3.75. The first kappa shape index (κ1) is 15.7. The van der Waals surface area contributed by atoms with Gasteiger partial charge in [-0.15, -0.1) is 11.3 Å². The van der Waals surface area contributed by atoms with Gasteiger partial charge in [-0.3, -0.25) is 4.79 Å². The number of hydrogen-bond donors (Lipinski definition) is 1. The number of aryl methyl sites for hydroxylation is 1.